The van der Waals surface area contributed by atoms with E-state index in [1.807, 2.05) is 43.0 Å². The zero-order valence-corrected chi connectivity index (χ0v) is 26.8. The van der Waals surface area contributed by atoms with E-state index in [9.17, 15) is 13.2 Å². The van der Waals surface area contributed by atoms with E-state index >= 15 is 0 Å². The summed E-state index contributed by atoms with van der Waals surface area (Å²) in [5.74, 6) is 0.619. The molecule has 0 radical (unpaired) electrons. The van der Waals surface area contributed by atoms with Gasteiger partial charge in [-0.3, -0.25) is 4.79 Å². The predicted molar refractivity (Wildman–Crippen MR) is 164 cm³/mol. The van der Waals surface area contributed by atoms with E-state index in [2.05, 4.69) is 9.88 Å². The van der Waals surface area contributed by atoms with Crippen LogP contribution in [-0.2, 0) is 21.2 Å². The Morgan fingerprint density at radius 1 is 1.00 bits per heavy atom. The molecule has 1 aromatic heterocycles. The van der Waals surface area contributed by atoms with Crippen molar-refractivity contribution in [2.45, 2.75) is 89.5 Å². The minimum atomic E-state index is -3.17. The fourth-order valence-corrected chi connectivity index (χ4v) is 7.62. The van der Waals surface area contributed by atoms with Crippen LogP contribution in [0.15, 0.2) is 24.3 Å². The number of carbonyl (C=O) groups is 1. The van der Waals surface area contributed by atoms with Gasteiger partial charge in [0.15, 0.2) is 0 Å². The molecule has 1 amide bonds. The average molecular weight is 618 g/mol. The number of hydrogen-bond acceptors (Lipinski definition) is 7. The maximum absolute atomic E-state index is 13.6. The Labute approximate surface area is 255 Å². The molecule has 1 aromatic carbocycles. The number of aromatic nitrogens is 2. The number of piperidine rings is 2. The highest BCUT2D eigenvalue weighted by Gasteiger charge is 2.33. The van der Waals surface area contributed by atoms with Crippen molar-refractivity contribution >= 4 is 27.5 Å². The largest absolute Gasteiger partial charge is 0.370 e. The summed E-state index contributed by atoms with van der Waals surface area (Å²) in [5, 5.41) is 0.731. The molecule has 0 bridgehead atoms. The van der Waals surface area contributed by atoms with Gasteiger partial charge in [-0.1, -0.05) is 23.7 Å². The second-order valence-corrected chi connectivity index (χ2v) is 14.7. The number of benzene rings is 1. The Balaban J connectivity index is 1.13. The van der Waals surface area contributed by atoms with E-state index in [0.29, 0.717) is 30.6 Å². The highest BCUT2D eigenvalue weighted by atomic mass is 35.5. The third-order valence-electron chi connectivity index (χ3n) is 9.42. The molecule has 3 aliphatic heterocycles. The summed E-state index contributed by atoms with van der Waals surface area (Å²) in [5.41, 5.74) is 3.49. The van der Waals surface area contributed by atoms with Gasteiger partial charge in [0.1, 0.15) is 11.5 Å². The van der Waals surface area contributed by atoms with E-state index in [1.165, 1.54) is 10.6 Å². The molecule has 2 atom stereocenters. The lowest BCUT2D eigenvalue weighted by Crippen LogP contribution is -2.52. The van der Waals surface area contributed by atoms with Crippen LogP contribution in [0.4, 0.5) is 0 Å². The van der Waals surface area contributed by atoms with Crippen LogP contribution in [0.5, 0.6) is 0 Å². The average Bonchev–Trinajstić information content (AvgIpc) is 3.46. The van der Waals surface area contributed by atoms with Crippen molar-refractivity contribution in [1.82, 2.24) is 24.1 Å². The molecule has 2 aromatic rings. The van der Waals surface area contributed by atoms with Gasteiger partial charge >= 0.3 is 0 Å². The first-order chi connectivity index (χ1) is 20.0. The number of nitrogens with zero attached hydrogens (tertiary/aromatic N) is 5. The number of aryl methyl sites for hydroxylation is 2. The lowest BCUT2D eigenvalue weighted by molar-refractivity contribution is 0.0400. The van der Waals surface area contributed by atoms with Crippen LogP contribution < -0.4 is 0 Å². The molecule has 0 spiro atoms. The number of rotatable bonds is 8. The molecule has 1 unspecified atom stereocenters. The van der Waals surface area contributed by atoms with Gasteiger partial charge in [-0.15, -0.1) is 0 Å². The first-order valence-corrected chi connectivity index (χ1v) is 17.4. The van der Waals surface area contributed by atoms with Gasteiger partial charge in [0.05, 0.1) is 18.5 Å². The number of sulfonamides is 1. The molecule has 0 saturated carbocycles. The van der Waals surface area contributed by atoms with Gasteiger partial charge < -0.3 is 14.5 Å². The topological polar surface area (TPSA) is 95.9 Å². The van der Waals surface area contributed by atoms with Crippen molar-refractivity contribution in [3.05, 3.63) is 57.6 Å². The lowest BCUT2D eigenvalue weighted by Gasteiger charge is -2.43. The molecule has 42 heavy (non-hydrogen) atoms. The van der Waals surface area contributed by atoms with E-state index in [0.717, 1.165) is 86.3 Å². The Bertz CT molecular complexity index is 1360. The fraction of sp³-hybridized carbons (Fsp3) is 0.645. The smallest absolute Gasteiger partial charge is 0.272 e. The molecule has 3 aliphatic rings. The molecule has 11 heteroatoms. The van der Waals surface area contributed by atoms with Crippen molar-refractivity contribution in [1.29, 1.82) is 0 Å². The van der Waals surface area contributed by atoms with E-state index in [1.54, 1.807) is 7.05 Å². The molecule has 9 nitrogen and oxygen atoms in total. The summed E-state index contributed by atoms with van der Waals surface area (Å²) in [6, 6.07) is 8.39. The molecular weight excluding hydrogens is 574 g/mol. The van der Waals surface area contributed by atoms with Crippen molar-refractivity contribution in [3.63, 3.8) is 0 Å². The molecule has 4 heterocycles. The summed E-state index contributed by atoms with van der Waals surface area (Å²) in [7, 11) is -1.49. The quantitative estimate of drug-likeness (QED) is 0.428. The maximum Gasteiger partial charge on any atom is 0.272 e. The number of hydrogen-bond donors (Lipinski definition) is 0. The summed E-state index contributed by atoms with van der Waals surface area (Å²) in [6.07, 6.45) is 8.67. The summed E-state index contributed by atoms with van der Waals surface area (Å²) in [6.45, 7) is 7.01. The summed E-state index contributed by atoms with van der Waals surface area (Å²) in [4.78, 5) is 27.4. The van der Waals surface area contributed by atoms with Crippen molar-refractivity contribution < 1.29 is 17.9 Å². The maximum atomic E-state index is 13.6. The Hall–Kier alpha value is -2.11. The summed E-state index contributed by atoms with van der Waals surface area (Å²) >= 11 is 6.04. The standard InChI is InChI=1S/C31H44ClN5O4S/c1-21-28(11-9-27-10-12-29(41-27)23-5-7-24(32)8-6-23)33-22(2)34-30(21)31(38)37-19-15-26(16-20-37)36-17-13-25(14-18-36)35(3)42(4,39)40/h5-8,25-27,29H,9-20H2,1-4H3/t27?,29-/m1/s1. The molecule has 3 saturated heterocycles. The van der Waals surface area contributed by atoms with Gasteiger partial charge in [0.2, 0.25) is 10.0 Å². The summed E-state index contributed by atoms with van der Waals surface area (Å²) < 4.78 is 31.7. The lowest BCUT2D eigenvalue weighted by atomic mass is 9.97. The van der Waals surface area contributed by atoms with Crippen LogP contribution in [-0.4, -0.2) is 96.1 Å². The normalized spacial score (nSPS) is 23.1. The minimum Gasteiger partial charge on any atom is -0.370 e. The van der Waals surface area contributed by atoms with Crippen molar-refractivity contribution in [3.8, 4) is 0 Å². The molecule has 0 N–H and O–H groups in total. The molecule has 5 rings (SSSR count). The zero-order valence-electron chi connectivity index (χ0n) is 25.3. The predicted octanol–water partition coefficient (Wildman–Crippen LogP) is 4.56. The molecule has 0 aliphatic carbocycles. The van der Waals surface area contributed by atoms with Gasteiger partial charge in [0, 0.05) is 48.5 Å². The van der Waals surface area contributed by atoms with E-state index in [-0.39, 0.29) is 24.2 Å². The molecular formula is C31H44ClN5O4S. The Morgan fingerprint density at radius 2 is 1.67 bits per heavy atom. The van der Waals surface area contributed by atoms with Crippen molar-refractivity contribution in [2.75, 3.05) is 39.5 Å². The first kappa shape index (κ1) is 31.3. The Kier molecular flexibility index (Phi) is 9.89. The van der Waals surface area contributed by atoms with Crippen molar-refractivity contribution in [2.24, 2.45) is 0 Å². The number of halogens is 1. The van der Waals surface area contributed by atoms with Crippen LogP contribution in [0.3, 0.4) is 0 Å². The van der Waals surface area contributed by atoms with Gasteiger partial charge in [0.25, 0.3) is 5.91 Å². The number of amides is 1. The number of ether oxygens (including phenoxy) is 1. The van der Waals surface area contributed by atoms with Crippen LogP contribution in [0.2, 0.25) is 5.02 Å². The highest BCUT2D eigenvalue weighted by Crippen LogP contribution is 2.35. The third-order valence-corrected chi connectivity index (χ3v) is 11.0. The fourth-order valence-electron chi connectivity index (χ4n) is 6.75. The second kappa shape index (κ2) is 13.3. The number of likely N-dealkylation sites (tertiary alicyclic amines) is 2. The molecule has 230 valence electrons. The number of carbonyl (C=O) groups excluding carboxylic acids is 1. The highest BCUT2D eigenvalue weighted by molar-refractivity contribution is 7.88. The third kappa shape index (κ3) is 7.33. The van der Waals surface area contributed by atoms with E-state index in [4.69, 9.17) is 21.3 Å². The van der Waals surface area contributed by atoms with Gasteiger partial charge in [-0.25, -0.2) is 22.7 Å². The van der Waals surface area contributed by atoms with Crippen LogP contribution >= 0.6 is 11.6 Å². The molecule has 3 fully saturated rings. The van der Waals surface area contributed by atoms with Crippen LogP contribution in [0.25, 0.3) is 0 Å². The van der Waals surface area contributed by atoms with E-state index < -0.39 is 10.0 Å². The van der Waals surface area contributed by atoms with Crippen LogP contribution in [0.1, 0.15) is 84.2 Å². The second-order valence-electron chi connectivity index (χ2n) is 12.2. The SMILES string of the molecule is Cc1nc(CCC2CC[C@H](c3ccc(Cl)cc3)O2)c(C)c(C(=O)N2CCC(N3CCC(N(C)S(C)(=O)=O)CC3)CC2)n1. The Morgan fingerprint density at radius 3 is 2.31 bits per heavy atom. The zero-order chi connectivity index (χ0) is 30.0. The monoisotopic (exact) mass is 617 g/mol. The van der Waals surface area contributed by atoms with Gasteiger partial charge in [-0.05, 0) is 96.0 Å². The first-order valence-electron chi connectivity index (χ1n) is 15.2. The van der Waals surface area contributed by atoms with Gasteiger partial charge in [-0.2, -0.15) is 0 Å². The van der Waals surface area contributed by atoms with Crippen LogP contribution in [0, 0.1) is 13.8 Å². The minimum absolute atomic E-state index is 0.00824.